The summed E-state index contributed by atoms with van der Waals surface area (Å²) in [4.78, 5) is 12.3. The molecule has 0 saturated carbocycles. The van der Waals surface area contributed by atoms with Gasteiger partial charge in [-0.1, -0.05) is 13.3 Å². The number of hydrogen-bond acceptors (Lipinski definition) is 4. The van der Waals surface area contributed by atoms with E-state index in [1.54, 1.807) is 25.1 Å². The molecule has 0 radical (unpaired) electrons. The van der Waals surface area contributed by atoms with Crippen LogP contribution >= 0.6 is 0 Å². The van der Waals surface area contributed by atoms with Crippen molar-refractivity contribution in [2.75, 3.05) is 19.5 Å². The first-order valence-corrected chi connectivity index (χ1v) is 6.45. The SMILES string of the molecule is CCC[C@](C)(OC)C(=O)Nc1ccc(OC)c(C#N)c1. The molecule has 1 amide bonds. The Morgan fingerprint density at radius 2 is 2.15 bits per heavy atom. The van der Waals surface area contributed by atoms with Crippen LogP contribution in [-0.4, -0.2) is 25.7 Å². The van der Waals surface area contributed by atoms with Crippen LogP contribution in [0.4, 0.5) is 5.69 Å². The molecule has 0 fully saturated rings. The molecule has 0 aliphatic rings. The van der Waals surface area contributed by atoms with Crippen molar-refractivity contribution in [2.24, 2.45) is 0 Å². The third-order valence-electron chi connectivity index (χ3n) is 3.24. The maximum Gasteiger partial charge on any atom is 0.256 e. The first-order valence-electron chi connectivity index (χ1n) is 6.45. The van der Waals surface area contributed by atoms with Gasteiger partial charge in [0, 0.05) is 12.8 Å². The van der Waals surface area contributed by atoms with Gasteiger partial charge in [0.15, 0.2) is 0 Å². The summed E-state index contributed by atoms with van der Waals surface area (Å²) in [6.45, 7) is 3.74. The number of hydrogen-bond donors (Lipinski definition) is 1. The normalized spacial score (nSPS) is 13.2. The molecule has 1 N–H and O–H groups in total. The van der Waals surface area contributed by atoms with E-state index < -0.39 is 5.60 Å². The molecule has 5 heteroatoms. The Hall–Kier alpha value is -2.06. The monoisotopic (exact) mass is 276 g/mol. The number of amides is 1. The Morgan fingerprint density at radius 3 is 2.65 bits per heavy atom. The van der Waals surface area contributed by atoms with Gasteiger partial charge in [0.05, 0.1) is 12.7 Å². The second-order valence-electron chi connectivity index (χ2n) is 4.67. The van der Waals surface area contributed by atoms with Gasteiger partial charge in [0.25, 0.3) is 5.91 Å². The number of carbonyl (C=O) groups is 1. The fourth-order valence-corrected chi connectivity index (χ4v) is 1.92. The Kier molecular flexibility index (Phi) is 5.53. The van der Waals surface area contributed by atoms with E-state index in [9.17, 15) is 4.79 Å². The van der Waals surface area contributed by atoms with Gasteiger partial charge in [0.1, 0.15) is 17.4 Å². The van der Waals surface area contributed by atoms with Gasteiger partial charge < -0.3 is 14.8 Å². The average molecular weight is 276 g/mol. The summed E-state index contributed by atoms with van der Waals surface area (Å²) in [7, 11) is 3.02. The van der Waals surface area contributed by atoms with E-state index in [4.69, 9.17) is 14.7 Å². The topological polar surface area (TPSA) is 71.3 Å². The van der Waals surface area contributed by atoms with Crippen LogP contribution in [0.2, 0.25) is 0 Å². The van der Waals surface area contributed by atoms with Crippen molar-refractivity contribution >= 4 is 11.6 Å². The number of nitrogens with zero attached hydrogens (tertiary/aromatic N) is 1. The molecule has 0 aliphatic carbocycles. The number of nitrogens with one attached hydrogen (secondary N) is 1. The molecule has 0 spiro atoms. The average Bonchev–Trinajstić information content (AvgIpc) is 2.47. The van der Waals surface area contributed by atoms with E-state index in [0.717, 1.165) is 6.42 Å². The van der Waals surface area contributed by atoms with Crippen LogP contribution in [0, 0.1) is 11.3 Å². The molecule has 0 aromatic heterocycles. The van der Waals surface area contributed by atoms with E-state index >= 15 is 0 Å². The zero-order valence-corrected chi connectivity index (χ0v) is 12.3. The molecule has 108 valence electrons. The number of methoxy groups -OCH3 is 2. The van der Waals surface area contributed by atoms with Crippen molar-refractivity contribution in [3.63, 3.8) is 0 Å². The molecule has 1 atom stereocenters. The smallest absolute Gasteiger partial charge is 0.256 e. The van der Waals surface area contributed by atoms with Gasteiger partial charge in [-0.25, -0.2) is 0 Å². The van der Waals surface area contributed by atoms with Crippen LogP contribution in [0.15, 0.2) is 18.2 Å². The van der Waals surface area contributed by atoms with Crippen molar-refractivity contribution in [1.29, 1.82) is 5.26 Å². The Balaban J connectivity index is 2.94. The number of carbonyl (C=O) groups excluding carboxylic acids is 1. The van der Waals surface area contributed by atoms with E-state index in [1.807, 2.05) is 13.0 Å². The molecule has 20 heavy (non-hydrogen) atoms. The molecule has 0 aliphatic heterocycles. The summed E-state index contributed by atoms with van der Waals surface area (Å²) in [6, 6.07) is 6.96. The quantitative estimate of drug-likeness (QED) is 0.867. The molecule has 5 nitrogen and oxygen atoms in total. The molecule has 1 aromatic rings. The number of benzene rings is 1. The standard InChI is InChI=1S/C15H20N2O3/c1-5-8-15(2,20-4)14(18)17-12-6-7-13(19-3)11(9-12)10-16/h6-7,9H,5,8H2,1-4H3,(H,17,18)/t15-/m0/s1. The van der Waals surface area contributed by atoms with Gasteiger partial charge in [-0.2, -0.15) is 5.26 Å². The zero-order chi connectivity index (χ0) is 15.2. The molecule has 0 saturated heterocycles. The van der Waals surface area contributed by atoms with Crippen LogP contribution in [0.25, 0.3) is 0 Å². The Morgan fingerprint density at radius 1 is 1.45 bits per heavy atom. The highest BCUT2D eigenvalue weighted by Gasteiger charge is 2.32. The maximum atomic E-state index is 12.3. The maximum absolute atomic E-state index is 12.3. The third-order valence-corrected chi connectivity index (χ3v) is 3.24. The third kappa shape index (κ3) is 3.49. The zero-order valence-electron chi connectivity index (χ0n) is 12.3. The van der Waals surface area contributed by atoms with Crippen molar-refractivity contribution in [3.05, 3.63) is 23.8 Å². The summed E-state index contributed by atoms with van der Waals surface area (Å²) in [5.74, 6) is 0.254. The van der Waals surface area contributed by atoms with Crippen LogP contribution in [0.3, 0.4) is 0 Å². The first-order chi connectivity index (χ1) is 9.50. The van der Waals surface area contributed by atoms with E-state index in [-0.39, 0.29) is 5.91 Å². The highest BCUT2D eigenvalue weighted by atomic mass is 16.5. The summed E-state index contributed by atoms with van der Waals surface area (Å²) in [6.07, 6.45) is 1.46. The van der Waals surface area contributed by atoms with E-state index in [1.165, 1.54) is 14.2 Å². The number of nitriles is 1. The molecule has 1 aromatic carbocycles. The van der Waals surface area contributed by atoms with Crippen LogP contribution in [0.5, 0.6) is 5.75 Å². The molecule has 0 bridgehead atoms. The minimum Gasteiger partial charge on any atom is -0.495 e. The predicted molar refractivity (Wildman–Crippen MR) is 76.7 cm³/mol. The van der Waals surface area contributed by atoms with Crippen molar-refractivity contribution < 1.29 is 14.3 Å². The van der Waals surface area contributed by atoms with Crippen LogP contribution in [-0.2, 0) is 9.53 Å². The van der Waals surface area contributed by atoms with E-state index in [2.05, 4.69) is 5.32 Å². The summed E-state index contributed by atoms with van der Waals surface area (Å²) < 4.78 is 10.4. The minimum absolute atomic E-state index is 0.226. The predicted octanol–water partition coefficient (Wildman–Crippen LogP) is 2.71. The molecule has 1 rings (SSSR count). The van der Waals surface area contributed by atoms with Crippen LogP contribution in [0.1, 0.15) is 32.3 Å². The lowest BCUT2D eigenvalue weighted by atomic mass is 9.99. The second-order valence-corrected chi connectivity index (χ2v) is 4.67. The first kappa shape index (κ1) is 16.0. The van der Waals surface area contributed by atoms with Crippen molar-refractivity contribution in [2.45, 2.75) is 32.3 Å². The fraction of sp³-hybridized carbons (Fsp3) is 0.467. The fourth-order valence-electron chi connectivity index (χ4n) is 1.92. The molecular weight excluding hydrogens is 256 g/mol. The lowest BCUT2D eigenvalue weighted by molar-refractivity contribution is -0.136. The summed E-state index contributed by atoms with van der Waals surface area (Å²) in [5, 5.41) is 11.8. The van der Waals surface area contributed by atoms with Gasteiger partial charge in [0.2, 0.25) is 0 Å². The lowest BCUT2D eigenvalue weighted by Crippen LogP contribution is -2.41. The Labute approximate surface area is 119 Å². The molecular formula is C15H20N2O3. The molecule has 0 heterocycles. The highest BCUT2D eigenvalue weighted by molar-refractivity contribution is 5.97. The summed E-state index contributed by atoms with van der Waals surface area (Å²) in [5.41, 5.74) is 0.0493. The Bertz CT molecular complexity index is 522. The van der Waals surface area contributed by atoms with E-state index in [0.29, 0.717) is 23.4 Å². The molecule has 0 unspecified atom stereocenters. The highest BCUT2D eigenvalue weighted by Crippen LogP contribution is 2.24. The van der Waals surface area contributed by atoms with Gasteiger partial charge >= 0.3 is 0 Å². The van der Waals surface area contributed by atoms with Crippen LogP contribution < -0.4 is 10.1 Å². The largest absolute Gasteiger partial charge is 0.495 e. The second kappa shape index (κ2) is 6.92. The van der Waals surface area contributed by atoms with Gasteiger partial charge in [-0.05, 0) is 31.5 Å². The lowest BCUT2D eigenvalue weighted by Gasteiger charge is -2.26. The van der Waals surface area contributed by atoms with Crippen molar-refractivity contribution in [1.82, 2.24) is 0 Å². The number of anilines is 1. The number of rotatable bonds is 6. The van der Waals surface area contributed by atoms with Gasteiger partial charge in [-0.15, -0.1) is 0 Å². The summed E-state index contributed by atoms with van der Waals surface area (Å²) >= 11 is 0. The van der Waals surface area contributed by atoms with Crippen molar-refractivity contribution in [3.8, 4) is 11.8 Å². The van der Waals surface area contributed by atoms with Gasteiger partial charge in [-0.3, -0.25) is 4.79 Å². The number of ether oxygens (including phenoxy) is 2. The minimum atomic E-state index is -0.874.